The first-order valence-corrected chi connectivity index (χ1v) is 10.9. The van der Waals surface area contributed by atoms with Crippen LogP contribution >= 0.6 is 0 Å². The van der Waals surface area contributed by atoms with E-state index in [4.69, 9.17) is 4.74 Å². The van der Waals surface area contributed by atoms with Crippen molar-refractivity contribution in [2.45, 2.75) is 24.5 Å². The fourth-order valence-corrected chi connectivity index (χ4v) is 4.28. The van der Waals surface area contributed by atoms with Gasteiger partial charge in [-0.2, -0.15) is 8.78 Å². The molecular weight excluding hydrogens is 462 g/mol. The van der Waals surface area contributed by atoms with E-state index in [-0.39, 0.29) is 31.1 Å². The lowest BCUT2D eigenvalue weighted by atomic mass is 9.98. The minimum absolute atomic E-state index is 0.0904. The minimum Gasteiger partial charge on any atom is -0.449 e. The van der Waals surface area contributed by atoms with E-state index in [1.54, 1.807) is 0 Å². The van der Waals surface area contributed by atoms with Crippen LogP contribution in [0, 0.1) is 21.7 Å². The Kier molecular flexibility index (Phi) is 7.04. The van der Waals surface area contributed by atoms with Gasteiger partial charge in [-0.3, -0.25) is 10.1 Å². The molecule has 10 heteroatoms. The molecule has 1 amide bonds. The molecule has 1 aliphatic rings. The van der Waals surface area contributed by atoms with Crippen molar-refractivity contribution in [3.05, 3.63) is 99.1 Å². The lowest BCUT2D eigenvalue weighted by Gasteiger charge is -2.19. The van der Waals surface area contributed by atoms with Crippen LogP contribution in [-0.4, -0.2) is 40.5 Å². The molecule has 3 aromatic carbocycles. The van der Waals surface area contributed by atoms with E-state index < -0.39 is 40.5 Å². The number of rotatable bonds is 8. The maximum absolute atomic E-state index is 13.8. The Morgan fingerprint density at radius 2 is 1.57 bits per heavy atom. The Morgan fingerprint density at radius 1 is 1.03 bits per heavy atom. The first-order valence-electron chi connectivity index (χ1n) is 10.9. The number of hydrogen-bond acceptors (Lipinski definition) is 6. The largest absolute Gasteiger partial charge is 0.449 e. The Labute approximate surface area is 198 Å². The van der Waals surface area contributed by atoms with Gasteiger partial charge in [0.15, 0.2) is 0 Å². The second-order valence-corrected chi connectivity index (χ2v) is 8.14. The standard InChI is InChI=1S/C25H22F2N2O6/c26-20-11-14(12-21(27)23(20)29(33)34)24(31)22(30)9-10-28-25(32)35-13-19-17-7-3-1-5-15(17)16-6-2-4-8-18(16)19/h1-8,11-12,19,22,24,30-31H,9-10,13H2,(H,28,32). The predicted molar refractivity (Wildman–Crippen MR) is 122 cm³/mol. The number of alkyl carbamates (subject to hydrolysis) is 1. The molecule has 1 aliphatic carbocycles. The lowest BCUT2D eigenvalue weighted by molar-refractivity contribution is -0.390. The number of ether oxygens (including phenoxy) is 1. The SMILES string of the molecule is O=C(NCCC(O)C(O)c1cc(F)c([N+](=O)[O-])c(F)c1)OCC1c2ccccc2-c2ccccc21. The molecule has 0 heterocycles. The van der Waals surface area contributed by atoms with Gasteiger partial charge in [-0.05, 0) is 46.4 Å². The molecule has 4 rings (SSSR count). The van der Waals surface area contributed by atoms with E-state index in [1.165, 1.54) is 0 Å². The number of amides is 1. The number of benzene rings is 3. The summed E-state index contributed by atoms with van der Waals surface area (Å²) >= 11 is 0. The van der Waals surface area contributed by atoms with E-state index in [2.05, 4.69) is 5.32 Å². The highest BCUT2D eigenvalue weighted by molar-refractivity contribution is 5.79. The number of fused-ring (bicyclic) bond motifs is 3. The van der Waals surface area contributed by atoms with Gasteiger partial charge in [0.2, 0.25) is 11.6 Å². The smallest absolute Gasteiger partial charge is 0.407 e. The highest BCUT2D eigenvalue weighted by Crippen LogP contribution is 2.44. The van der Waals surface area contributed by atoms with E-state index in [0.717, 1.165) is 22.3 Å². The molecular formula is C25H22F2N2O6. The quantitative estimate of drug-likeness (QED) is 0.326. The average molecular weight is 484 g/mol. The molecule has 182 valence electrons. The summed E-state index contributed by atoms with van der Waals surface area (Å²) in [6.45, 7) is 0.0131. The Hall–Kier alpha value is -3.89. The molecule has 3 N–H and O–H groups in total. The number of aliphatic hydroxyl groups excluding tert-OH is 2. The van der Waals surface area contributed by atoms with Crippen molar-refractivity contribution in [1.82, 2.24) is 5.32 Å². The Bertz CT molecular complexity index is 1200. The summed E-state index contributed by atoms with van der Waals surface area (Å²) in [5.74, 6) is -3.05. The van der Waals surface area contributed by atoms with E-state index in [0.29, 0.717) is 12.1 Å². The molecule has 0 bridgehead atoms. The maximum atomic E-state index is 13.8. The number of aliphatic hydroxyl groups is 2. The molecule has 0 aliphatic heterocycles. The van der Waals surface area contributed by atoms with Gasteiger partial charge in [-0.15, -0.1) is 0 Å². The number of nitrogens with zero attached hydrogens (tertiary/aromatic N) is 1. The summed E-state index contributed by atoms with van der Waals surface area (Å²) in [5, 5.41) is 33.5. The summed E-state index contributed by atoms with van der Waals surface area (Å²) in [6.07, 6.45) is -4.10. The zero-order chi connectivity index (χ0) is 25.1. The molecule has 2 unspecified atom stereocenters. The number of nitro benzene ring substituents is 1. The lowest BCUT2D eigenvalue weighted by Crippen LogP contribution is -2.30. The Balaban J connectivity index is 1.30. The number of nitro groups is 1. The van der Waals surface area contributed by atoms with Crippen LogP contribution in [0.2, 0.25) is 0 Å². The molecule has 0 aromatic heterocycles. The third-order valence-electron chi connectivity index (χ3n) is 5.98. The maximum Gasteiger partial charge on any atom is 0.407 e. The minimum atomic E-state index is -1.72. The van der Waals surface area contributed by atoms with Crippen LogP contribution in [0.25, 0.3) is 11.1 Å². The topological polar surface area (TPSA) is 122 Å². The second-order valence-electron chi connectivity index (χ2n) is 8.14. The van der Waals surface area contributed by atoms with Crippen molar-refractivity contribution >= 4 is 11.8 Å². The predicted octanol–water partition coefficient (Wildman–Crippen LogP) is 4.20. The highest BCUT2D eigenvalue weighted by Gasteiger charge is 2.29. The zero-order valence-corrected chi connectivity index (χ0v) is 18.4. The molecule has 8 nitrogen and oxygen atoms in total. The van der Waals surface area contributed by atoms with Crippen LogP contribution in [0.5, 0.6) is 0 Å². The fraction of sp³-hybridized carbons (Fsp3) is 0.240. The highest BCUT2D eigenvalue weighted by atomic mass is 19.1. The number of carbonyl (C=O) groups is 1. The molecule has 0 saturated carbocycles. The summed E-state index contributed by atoms with van der Waals surface area (Å²) in [5.41, 5.74) is 2.60. The molecule has 2 atom stereocenters. The van der Waals surface area contributed by atoms with Crippen molar-refractivity contribution < 1.29 is 33.4 Å². The number of carbonyl (C=O) groups excluding carboxylic acids is 1. The van der Waals surface area contributed by atoms with Crippen molar-refractivity contribution in [3.63, 3.8) is 0 Å². The number of nitrogens with one attached hydrogen (secondary N) is 1. The third-order valence-corrected chi connectivity index (χ3v) is 5.98. The van der Waals surface area contributed by atoms with Crippen molar-refractivity contribution in [2.24, 2.45) is 0 Å². The monoisotopic (exact) mass is 484 g/mol. The van der Waals surface area contributed by atoms with Crippen molar-refractivity contribution in [2.75, 3.05) is 13.2 Å². The van der Waals surface area contributed by atoms with Gasteiger partial charge < -0.3 is 20.3 Å². The third kappa shape index (κ3) is 4.98. The molecule has 0 radical (unpaired) electrons. The summed E-state index contributed by atoms with van der Waals surface area (Å²) < 4.78 is 33.0. The van der Waals surface area contributed by atoms with Gasteiger partial charge in [-0.25, -0.2) is 4.79 Å². The molecule has 0 spiro atoms. The van der Waals surface area contributed by atoms with Gasteiger partial charge in [-0.1, -0.05) is 48.5 Å². The van der Waals surface area contributed by atoms with Gasteiger partial charge in [0.05, 0.1) is 11.0 Å². The van der Waals surface area contributed by atoms with Crippen molar-refractivity contribution in [3.8, 4) is 11.1 Å². The van der Waals surface area contributed by atoms with E-state index in [9.17, 15) is 33.9 Å². The van der Waals surface area contributed by atoms with Gasteiger partial charge in [0.25, 0.3) is 0 Å². The summed E-state index contributed by atoms with van der Waals surface area (Å²) in [4.78, 5) is 21.7. The zero-order valence-electron chi connectivity index (χ0n) is 18.4. The first-order chi connectivity index (χ1) is 16.8. The summed E-state index contributed by atoms with van der Waals surface area (Å²) in [7, 11) is 0. The summed E-state index contributed by atoms with van der Waals surface area (Å²) in [6, 6.07) is 16.9. The van der Waals surface area contributed by atoms with Crippen LogP contribution in [0.3, 0.4) is 0 Å². The van der Waals surface area contributed by atoms with Crippen LogP contribution in [-0.2, 0) is 4.74 Å². The molecule has 35 heavy (non-hydrogen) atoms. The molecule has 0 fully saturated rings. The van der Waals surface area contributed by atoms with E-state index in [1.807, 2.05) is 48.5 Å². The number of halogens is 2. The van der Waals surface area contributed by atoms with Gasteiger partial charge in [0, 0.05) is 12.5 Å². The average Bonchev–Trinajstić information content (AvgIpc) is 3.15. The van der Waals surface area contributed by atoms with Crippen molar-refractivity contribution in [1.29, 1.82) is 0 Å². The normalized spacial score (nSPS) is 14.1. The van der Waals surface area contributed by atoms with Crippen LogP contribution in [0.1, 0.15) is 35.1 Å². The fourth-order valence-electron chi connectivity index (χ4n) is 4.28. The van der Waals surface area contributed by atoms with Crippen LogP contribution < -0.4 is 5.32 Å². The van der Waals surface area contributed by atoms with Crippen LogP contribution in [0.15, 0.2) is 60.7 Å². The molecule has 3 aromatic rings. The van der Waals surface area contributed by atoms with Gasteiger partial charge >= 0.3 is 11.8 Å². The van der Waals surface area contributed by atoms with E-state index >= 15 is 0 Å². The second kappa shape index (κ2) is 10.2. The molecule has 0 saturated heterocycles. The first kappa shape index (κ1) is 24.2. The van der Waals surface area contributed by atoms with Crippen LogP contribution in [0.4, 0.5) is 19.3 Å². The Morgan fingerprint density at radius 3 is 2.11 bits per heavy atom. The number of hydrogen-bond donors (Lipinski definition) is 3. The van der Waals surface area contributed by atoms with Gasteiger partial charge in [0.1, 0.15) is 12.7 Å².